The summed E-state index contributed by atoms with van der Waals surface area (Å²) < 4.78 is 5.33. The number of hydrogen-bond donors (Lipinski definition) is 0. The average molecular weight is 152 g/mol. The van der Waals surface area contributed by atoms with Crippen LogP contribution in [-0.4, -0.2) is 6.61 Å². The van der Waals surface area contributed by atoms with Gasteiger partial charge < -0.3 is 4.74 Å². The first-order valence-corrected chi connectivity index (χ1v) is 4.38. The molecule has 0 aromatic heterocycles. The molecule has 0 spiro atoms. The van der Waals surface area contributed by atoms with E-state index in [0.717, 1.165) is 19.4 Å². The highest BCUT2D eigenvalue weighted by atomic mass is 16.5. The quantitative estimate of drug-likeness (QED) is 0.343. The molecule has 0 radical (unpaired) electrons. The molecule has 0 N–H and O–H groups in total. The fourth-order valence-corrected chi connectivity index (χ4v) is 1.13. The smallest absolute Gasteiger partial charge is 0.0870 e. The van der Waals surface area contributed by atoms with Crippen molar-refractivity contribution in [2.24, 2.45) is 0 Å². The molecule has 62 valence electrons. The van der Waals surface area contributed by atoms with Gasteiger partial charge in [-0.15, -0.1) is 0 Å². The van der Waals surface area contributed by atoms with E-state index in [1.54, 1.807) is 0 Å². The van der Waals surface area contributed by atoms with Gasteiger partial charge in [0.1, 0.15) is 0 Å². The monoisotopic (exact) mass is 152 g/mol. The van der Waals surface area contributed by atoms with Crippen LogP contribution in [0.15, 0.2) is 24.0 Å². The van der Waals surface area contributed by atoms with E-state index in [9.17, 15) is 0 Å². The highest BCUT2D eigenvalue weighted by Crippen LogP contribution is 2.16. The number of allylic oxidation sites excluding steroid dienone is 3. The van der Waals surface area contributed by atoms with Crippen LogP contribution in [0.5, 0.6) is 0 Å². The maximum atomic E-state index is 5.33. The van der Waals surface area contributed by atoms with E-state index in [4.69, 9.17) is 4.74 Å². The summed E-state index contributed by atoms with van der Waals surface area (Å²) in [5.74, 6) is 0. The molecule has 0 fully saturated rings. The van der Waals surface area contributed by atoms with Crippen molar-refractivity contribution in [3.8, 4) is 0 Å². The van der Waals surface area contributed by atoms with Crippen LogP contribution < -0.4 is 0 Å². The minimum Gasteiger partial charge on any atom is -0.501 e. The third-order valence-electron chi connectivity index (χ3n) is 1.75. The third kappa shape index (κ3) is 3.26. The van der Waals surface area contributed by atoms with E-state index >= 15 is 0 Å². The van der Waals surface area contributed by atoms with Gasteiger partial charge in [-0.2, -0.15) is 0 Å². The van der Waals surface area contributed by atoms with E-state index in [1.807, 2.05) is 6.26 Å². The summed E-state index contributed by atoms with van der Waals surface area (Å²) in [4.78, 5) is 0. The molecule has 0 bridgehead atoms. The second-order valence-electron chi connectivity index (χ2n) is 2.86. The molecule has 1 rings (SSSR count). The Morgan fingerprint density at radius 1 is 1.55 bits per heavy atom. The van der Waals surface area contributed by atoms with Gasteiger partial charge in [-0.05, 0) is 31.3 Å². The standard InChI is InChI=1S/C10H16O/c1-2-8-11-9-10-6-4-3-5-7-10/h3-4,9H,2,5-8H2,1H3/b10-9+. The van der Waals surface area contributed by atoms with Crippen LogP contribution >= 0.6 is 0 Å². The molecule has 0 aromatic rings. The molecule has 0 atom stereocenters. The predicted molar refractivity (Wildman–Crippen MR) is 47.3 cm³/mol. The first-order valence-electron chi connectivity index (χ1n) is 4.38. The van der Waals surface area contributed by atoms with Crippen LogP contribution in [-0.2, 0) is 4.74 Å². The topological polar surface area (TPSA) is 9.23 Å². The Kier molecular flexibility index (Phi) is 3.81. The van der Waals surface area contributed by atoms with E-state index in [-0.39, 0.29) is 0 Å². The van der Waals surface area contributed by atoms with Crippen molar-refractivity contribution in [1.82, 2.24) is 0 Å². The molecule has 0 saturated heterocycles. The zero-order chi connectivity index (χ0) is 7.94. The second kappa shape index (κ2) is 5.00. The number of ether oxygens (including phenoxy) is 1. The summed E-state index contributed by atoms with van der Waals surface area (Å²) in [6, 6.07) is 0. The van der Waals surface area contributed by atoms with Crippen LogP contribution in [0, 0.1) is 0 Å². The van der Waals surface area contributed by atoms with E-state index < -0.39 is 0 Å². The van der Waals surface area contributed by atoms with Crippen LogP contribution in [0.3, 0.4) is 0 Å². The molecule has 0 aliphatic heterocycles. The molecule has 0 amide bonds. The minimum absolute atomic E-state index is 0.854. The molecule has 0 aromatic carbocycles. The minimum atomic E-state index is 0.854. The van der Waals surface area contributed by atoms with Gasteiger partial charge in [0.2, 0.25) is 0 Å². The van der Waals surface area contributed by atoms with Crippen molar-refractivity contribution >= 4 is 0 Å². The molecule has 0 unspecified atom stereocenters. The summed E-state index contributed by atoms with van der Waals surface area (Å²) in [7, 11) is 0. The maximum Gasteiger partial charge on any atom is 0.0870 e. The maximum absolute atomic E-state index is 5.33. The fourth-order valence-electron chi connectivity index (χ4n) is 1.13. The van der Waals surface area contributed by atoms with Crippen molar-refractivity contribution in [2.75, 3.05) is 6.61 Å². The summed E-state index contributed by atoms with van der Waals surface area (Å²) in [5, 5.41) is 0. The highest BCUT2D eigenvalue weighted by Gasteiger charge is 1.98. The van der Waals surface area contributed by atoms with Crippen molar-refractivity contribution in [1.29, 1.82) is 0 Å². The van der Waals surface area contributed by atoms with Gasteiger partial charge in [-0.25, -0.2) is 0 Å². The van der Waals surface area contributed by atoms with Gasteiger partial charge in [-0.3, -0.25) is 0 Å². The van der Waals surface area contributed by atoms with Crippen molar-refractivity contribution in [3.05, 3.63) is 24.0 Å². The van der Waals surface area contributed by atoms with E-state index in [0.29, 0.717) is 0 Å². The van der Waals surface area contributed by atoms with Crippen LogP contribution in [0.1, 0.15) is 32.6 Å². The van der Waals surface area contributed by atoms with Gasteiger partial charge in [0.25, 0.3) is 0 Å². The molecule has 1 heteroatoms. The summed E-state index contributed by atoms with van der Waals surface area (Å²) >= 11 is 0. The molecular weight excluding hydrogens is 136 g/mol. The summed E-state index contributed by atoms with van der Waals surface area (Å²) in [6.45, 7) is 2.98. The first kappa shape index (κ1) is 8.38. The molecule has 0 heterocycles. The fraction of sp³-hybridized carbons (Fsp3) is 0.600. The van der Waals surface area contributed by atoms with Crippen molar-refractivity contribution in [3.63, 3.8) is 0 Å². The van der Waals surface area contributed by atoms with Crippen LogP contribution in [0.4, 0.5) is 0 Å². The van der Waals surface area contributed by atoms with Crippen LogP contribution in [0.25, 0.3) is 0 Å². The van der Waals surface area contributed by atoms with Gasteiger partial charge in [0, 0.05) is 0 Å². The number of hydrogen-bond acceptors (Lipinski definition) is 1. The lowest BCUT2D eigenvalue weighted by molar-refractivity contribution is 0.245. The SMILES string of the molecule is CCCO/C=C1\CC=CCC1. The summed E-state index contributed by atoms with van der Waals surface area (Å²) in [5.41, 5.74) is 1.43. The highest BCUT2D eigenvalue weighted by molar-refractivity contribution is 5.10. The molecule has 0 saturated carbocycles. The Morgan fingerprint density at radius 3 is 3.09 bits per heavy atom. The van der Waals surface area contributed by atoms with Gasteiger partial charge in [-0.1, -0.05) is 19.1 Å². The average Bonchev–Trinajstić information content (AvgIpc) is 2.07. The van der Waals surface area contributed by atoms with Gasteiger partial charge in [0.05, 0.1) is 12.9 Å². The van der Waals surface area contributed by atoms with E-state index in [2.05, 4.69) is 19.1 Å². The Balaban J connectivity index is 2.22. The summed E-state index contributed by atoms with van der Waals surface area (Å²) in [6.07, 6.45) is 10.9. The lowest BCUT2D eigenvalue weighted by Crippen LogP contribution is -1.91. The Morgan fingerprint density at radius 2 is 2.45 bits per heavy atom. The van der Waals surface area contributed by atoms with E-state index in [1.165, 1.54) is 18.4 Å². The zero-order valence-electron chi connectivity index (χ0n) is 7.18. The second-order valence-corrected chi connectivity index (χ2v) is 2.86. The molecular formula is C10H16O. The van der Waals surface area contributed by atoms with Gasteiger partial charge >= 0.3 is 0 Å². The van der Waals surface area contributed by atoms with Crippen molar-refractivity contribution < 1.29 is 4.74 Å². The lowest BCUT2D eigenvalue weighted by atomic mass is 10.0. The molecule has 1 aliphatic rings. The van der Waals surface area contributed by atoms with Gasteiger partial charge in [0.15, 0.2) is 0 Å². The molecule has 1 nitrogen and oxygen atoms in total. The lowest BCUT2D eigenvalue weighted by Gasteiger charge is -2.07. The Labute approximate surface area is 68.8 Å². The number of rotatable bonds is 3. The molecule has 1 aliphatic carbocycles. The van der Waals surface area contributed by atoms with Crippen molar-refractivity contribution in [2.45, 2.75) is 32.6 Å². The first-order chi connectivity index (χ1) is 5.43. The predicted octanol–water partition coefficient (Wildman–Crippen LogP) is 3.04. The largest absolute Gasteiger partial charge is 0.501 e. The van der Waals surface area contributed by atoms with Crippen LogP contribution in [0.2, 0.25) is 0 Å². The normalized spacial score (nSPS) is 20.6. The Bertz CT molecular complexity index is 156. The Hall–Kier alpha value is -0.720. The zero-order valence-corrected chi connectivity index (χ0v) is 7.18. The third-order valence-corrected chi connectivity index (χ3v) is 1.75. The molecule has 11 heavy (non-hydrogen) atoms.